The zero-order chi connectivity index (χ0) is 22.0. The second-order valence-electron chi connectivity index (χ2n) is 7.10. The average molecular weight is 443 g/mol. The predicted molar refractivity (Wildman–Crippen MR) is 112 cm³/mol. The summed E-state index contributed by atoms with van der Waals surface area (Å²) in [6, 6.07) is 11.8. The van der Waals surface area contributed by atoms with Crippen LogP contribution >= 0.6 is 11.8 Å². The van der Waals surface area contributed by atoms with E-state index in [0.717, 1.165) is 36.7 Å². The van der Waals surface area contributed by atoms with E-state index >= 15 is 0 Å². The number of nitrogens with zero attached hydrogens (tertiary/aromatic N) is 3. The van der Waals surface area contributed by atoms with E-state index in [0.29, 0.717) is 11.4 Å². The summed E-state index contributed by atoms with van der Waals surface area (Å²) in [5, 5.41) is 12.8. The van der Waals surface area contributed by atoms with Crippen LogP contribution in [0.3, 0.4) is 0 Å². The normalized spacial score (nSPS) is 14.2. The summed E-state index contributed by atoms with van der Waals surface area (Å²) in [6.07, 6.45) is 1.81. The Morgan fingerprint density at radius 1 is 1.13 bits per heavy atom. The van der Waals surface area contributed by atoms with Crippen molar-refractivity contribution in [3.8, 4) is 17.1 Å². The van der Waals surface area contributed by atoms with Crippen LogP contribution in [0.25, 0.3) is 17.1 Å². The van der Waals surface area contributed by atoms with Crippen molar-refractivity contribution in [3.05, 3.63) is 60.2 Å². The van der Waals surface area contributed by atoms with E-state index < -0.39 is 28.8 Å². The van der Waals surface area contributed by atoms with Crippen molar-refractivity contribution in [2.45, 2.75) is 36.2 Å². The topological polar surface area (TPSA) is 88.9 Å². The van der Waals surface area contributed by atoms with Gasteiger partial charge in [0.1, 0.15) is 11.6 Å². The predicted octanol–water partition coefficient (Wildman–Crippen LogP) is 3.68. The largest absolute Gasteiger partial charge is 0.335 e. The Morgan fingerprint density at radius 3 is 2.55 bits per heavy atom. The number of carbonyl (C=O) groups excluding carboxylic acids is 2. The molecule has 3 amide bonds. The number of hydrogen-bond acceptors (Lipinski definition) is 5. The van der Waals surface area contributed by atoms with Gasteiger partial charge in [0.25, 0.3) is 0 Å². The highest BCUT2D eigenvalue weighted by atomic mass is 32.2. The van der Waals surface area contributed by atoms with E-state index in [2.05, 4.69) is 20.8 Å². The molecule has 160 valence electrons. The quantitative estimate of drug-likeness (QED) is 0.568. The number of halogens is 2. The van der Waals surface area contributed by atoms with E-state index in [-0.39, 0.29) is 16.9 Å². The average Bonchev–Trinajstić information content (AvgIpc) is 3.46. The third-order valence-corrected chi connectivity index (χ3v) is 5.66. The molecule has 1 fully saturated rings. The van der Waals surface area contributed by atoms with Gasteiger partial charge in [0.05, 0.1) is 10.9 Å². The lowest BCUT2D eigenvalue weighted by Crippen LogP contribution is -2.43. The molecule has 4 rings (SSSR count). The molecule has 2 N–H and O–H groups in total. The molecule has 3 aromatic rings. The van der Waals surface area contributed by atoms with Crippen molar-refractivity contribution >= 4 is 23.7 Å². The van der Waals surface area contributed by atoms with E-state index in [9.17, 15) is 18.4 Å². The lowest BCUT2D eigenvalue weighted by atomic mass is 10.2. The summed E-state index contributed by atoms with van der Waals surface area (Å²) in [5.74, 6) is -1.68. The van der Waals surface area contributed by atoms with Gasteiger partial charge in [0.15, 0.2) is 11.0 Å². The number of imide groups is 1. The van der Waals surface area contributed by atoms with Crippen molar-refractivity contribution in [3.63, 3.8) is 0 Å². The first kappa shape index (κ1) is 21.0. The van der Waals surface area contributed by atoms with Crippen LogP contribution < -0.4 is 10.6 Å². The monoisotopic (exact) mass is 443 g/mol. The van der Waals surface area contributed by atoms with Crippen LogP contribution in [-0.4, -0.2) is 38.0 Å². The summed E-state index contributed by atoms with van der Waals surface area (Å²) < 4.78 is 29.5. The lowest BCUT2D eigenvalue weighted by Gasteiger charge is -2.14. The second-order valence-corrected chi connectivity index (χ2v) is 8.41. The van der Waals surface area contributed by atoms with E-state index in [1.807, 2.05) is 6.07 Å². The maximum atomic E-state index is 14.6. The summed E-state index contributed by atoms with van der Waals surface area (Å²) in [6.45, 7) is 1.60. The zero-order valence-electron chi connectivity index (χ0n) is 16.5. The first-order chi connectivity index (χ1) is 14.9. The van der Waals surface area contributed by atoms with Gasteiger partial charge in [-0.2, -0.15) is 0 Å². The van der Waals surface area contributed by atoms with E-state index in [1.165, 1.54) is 10.6 Å². The number of thioether (sulfide) groups is 1. The molecule has 31 heavy (non-hydrogen) atoms. The van der Waals surface area contributed by atoms with Crippen LogP contribution in [0.1, 0.15) is 19.8 Å². The number of amides is 3. The first-order valence-corrected chi connectivity index (χ1v) is 10.5. The summed E-state index contributed by atoms with van der Waals surface area (Å²) in [5.41, 5.74) is 0.721. The molecule has 1 atom stereocenters. The third kappa shape index (κ3) is 4.91. The van der Waals surface area contributed by atoms with Crippen LogP contribution in [0.15, 0.2) is 53.7 Å². The van der Waals surface area contributed by atoms with Gasteiger partial charge in [-0.25, -0.2) is 13.6 Å². The summed E-state index contributed by atoms with van der Waals surface area (Å²) in [4.78, 5) is 24.3. The highest BCUT2D eigenvalue weighted by molar-refractivity contribution is 8.00. The molecule has 0 aliphatic heterocycles. The first-order valence-electron chi connectivity index (χ1n) is 9.66. The Bertz CT molecular complexity index is 1120. The van der Waals surface area contributed by atoms with Gasteiger partial charge < -0.3 is 5.32 Å². The van der Waals surface area contributed by atoms with Crippen LogP contribution in [-0.2, 0) is 4.79 Å². The molecule has 7 nitrogen and oxygen atoms in total. The Balaban J connectivity index is 1.63. The molecule has 0 radical (unpaired) electrons. The number of nitrogens with one attached hydrogen (secondary N) is 2. The van der Waals surface area contributed by atoms with Gasteiger partial charge in [-0.15, -0.1) is 10.2 Å². The van der Waals surface area contributed by atoms with Gasteiger partial charge in [-0.3, -0.25) is 14.7 Å². The Labute approximate surface area is 181 Å². The van der Waals surface area contributed by atoms with Gasteiger partial charge in [0, 0.05) is 17.7 Å². The fourth-order valence-corrected chi connectivity index (χ4v) is 3.73. The van der Waals surface area contributed by atoms with Crippen molar-refractivity contribution in [1.29, 1.82) is 0 Å². The Hall–Kier alpha value is -3.27. The molecule has 1 saturated carbocycles. The fraction of sp³-hybridized carbons (Fsp3) is 0.238. The molecular formula is C21H19F2N5O2S. The van der Waals surface area contributed by atoms with Gasteiger partial charge in [-0.05, 0) is 31.9 Å². The van der Waals surface area contributed by atoms with Crippen molar-refractivity contribution < 1.29 is 18.4 Å². The van der Waals surface area contributed by atoms with Crippen LogP contribution in [0.5, 0.6) is 0 Å². The highest BCUT2D eigenvalue weighted by Gasteiger charge is 2.27. The van der Waals surface area contributed by atoms with Crippen LogP contribution in [0, 0.1) is 11.6 Å². The maximum Gasteiger partial charge on any atom is 0.321 e. The number of hydrogen-bond donors (Lipinski definition) is 2. The minimum absolute atomic E-state index is 0.0480. The molecular weight excluding hydrogens is 424 g/mol. The molecule has 1 heterocycles. The highest BCUT2D eigenvalue weighted by Crippen LogP contribution is 2.31. The maximum absolute atomic E-state index is 14.6. The van der Waals surface area contributed by atoms with E-state index in [1.54, 1.807) is 31.2 Å². The van der Waals surface area contributed by atoms with Crippen LogP contribution in [0.2, 0.25) is 0 Å². The van der Waals surface area contributed by atoms with Gasteiger partial charge >= 0.3 is 6.03 Å². The molecule has 10 heteroatoms. The van der Waals surface area contributed by atoms with Gasteiger partial charge in [0.2, 0.25) is 5.91 Å². The van der Waals surface area contributed by atoms with Crippen molar-refractivity contribution in [2.75, 3.05) is 0 Å². The SMILES string of the molecule is C[C@H](Sc1nnc(-c2ccccc2)n1-c1ccc(F)cc1F)C(=O)NC(=O)NC1CC1. The van der Waals surface area contributed by atoms with Crippen LogP contribution in [0.4, 0.5) is 13.6 Å². The van der Waals surface area contributed by atoms with Crippen molar-refractivity contribution in [1.82, 2.24) is 25.4 Å². The zero-order valence-corrected chi connectivity index (χ0v) is 17.3. The third-order valence-electron chi connectivity index (χ3n) is 4.62. The molecule has 0 unspecified atom stereocenters. The minimum Gasteiger partial charge on any atom is -0.335 e. The number of benzene rings is 2. The standard InChI is InChI=1S/C21H19F2N5O2S/c1-12(19(29)25-20(30)24-15-8-9-15)31-21-27-26-18(13-5-3-2-4-6-13)28(21)17-10-7-14(22)11-16(17)23/h2-7,10-12,15H,8-9H2,1H3,(H2,24,25,29,30)/t12-/m0/s1. The lowest BCUT2D eigenvalue weighted by molar-refractivity contribution is -0.119. The van der Waals surface area contributed by atoms with Crippen molar-refractivity contribution in [2.24, 2.45) is 0 Å². The number of carbonyl (C=O) groups is 2. The molecule has 1 aromatic heterocycles. The second kappa shape index (κ2) is 8.84. The Kier molecular flexibility index (Phi) is 5.99. The fourth-order valence-electron chi connectivity index (χ4n) is 2.87. The summed E-state index contributed by atoms with van der Waals surface area (Å²) >= 11 is 1.01. The minimum atomic E-state index is -0.792. The molecule has 0 bridgehead atoms. The molecule has 2 aromatic carbocycles. The number of aromatic nitrogens is 3. The van der Waals surface area contributed by atoms with E-state index in [4.69, 9.17) is 0 Å². The molecule has 0 saturated heterocycles. The summed E-state index contributed by atoms with van der Waals surface area (Å²) in [7, 11) is 0. The smallest absolute Gasteiger partial charge is 0.321 e. The molecule has 0 spiro atoms. The molecule has 1 aliphatic carbocycles. The number of rotatable bonds is 6. The number of urea groups is 1. The molecule has 1 aliphatic rings. The van der Waals surface area contributed by atoms with Gasteiger partial charge in [-0.1, -0.05) is 42.1 Å². The Morgan fingerprint density at radius 2 is 1.87 bits per heavy atom.